The van der Waals surface area contributed by atoms with Gasteiger partial charge in [-0.3, -0.25) is 4.55 Å². The summed E-state index contributed by atoms with van der Waals surface area (Å²) in [6, 6.07) is -0.213. The van der Waals surface area contributed by atoms with Gasteiger partial charge in [0.25, 0.3) is 10.1 Å². The van der Waals surface area contributed by atoms with E-state index in [-0.39, 0.29) is 12.6 Å². The molecule has 1 amide bonds. The van der Waals surface area contributed by atoms with Crippen molar-refractivity contribution < 1.29 is 27.6 Å². The highest BCUT2D eigenvalue weighted by molar-refractivity contribution is 7.85. The first kappa shape index (κ1) is 19.5. The molecule has 0 saturated carbocycles. The largest absolute Gasteiger partial charge is 0.444 e. The van der Waals surface area contributed by atoms with Gasteiger partial charge in [0.05, 0.1) is 18.9 Å². The Morgan fingerprint density at radius 3 is 2.00 bits per heavy atom. The predicted molar refractivity (Wildman–Crippen MR) is 68.0 cm³/mol. The van der Waals surface area contributed by atoms with E-state index in [9.17, 15) is 13.2 Å². The van der Waals surface area contributed by atoms with Crippen LogP contribution in [-0.2, 0) is 14.9 Å². The lowest BCUT2D eigenvalue weighted by Gasteiger charge is -2.22. The highest BCUT2D eigenvalue weighted by atomic mass is 32.2. The second kappa shape index (κ2) is 8.28. The minimum Gasteiger partial charge on any atom is -0.444 e. The van der Waals surface area contributed by atoms with E-state index in [1.54, 1.807) is 20.8 Å². The molecule has 0 aliphatic carbocycles. The van der Waals surface area contributed by atoms with Crippen LogP contribution in [0.5, 0.6) is 0 Å². The van der Waals surface area contributed by atoms with Crippen LogP contribution in [0.3, 0.4) is 0 Å². The molecule has 8 heteroatoms. The van der Waals surface area contributed by atoms with Crippen molar-refractivity contribution in [3.05, 3.63) is 0 Å². The van der Waals surface area contributed by atoms with Crippen molar-refractivity contribution in [3.8, 4) is 0 Å². The number of aliphatic hydroxyl groups excluding tert-OH is 1. The standard InChI is InChI=1S/C9H19NO3.CH4O3S/c1-5-7(6-11)10-8(12)13-9(2,3)4;1-5(2,3)4/h7,11H,5-6H2,1-4H3,(H,10,12);1H3,(H,2,3,4). The quantitative estimate of drug-likeness (QED) is 0.661. The molecule has 0 aromatic carbocycles. The van der Waals surface area contributed by atoms with Gasteiger partial charge in [0.2, 0.25) is 0 Å². The van der Waals surface area contributed by atoms with Gasteiger partial charge in [-0.25, -0.2) is 4.79 Å². The molecule has 0 aliphatic rings. The average molecular weight is 285 g/mol. The SMILES string of the molecule is CCC(CO)NC(=O)OC(C)(C)C.CS(=O)(=O)O. The van der Waals surface area contributed by atoms with Gasteiger partial charge in [0.15, 0.2) is 0 Å². The highest BCUT2D eigenvalue weighted by Gasteiger charge is 2.17. The van der Waals surface area contributed by atoms with Crippen LogP contribution < -0.4 is 5.32 Å². The van der Waals surface area contributed by atoms with Gasteiger partial charge < -0.3 is 15.2 Å². The monoisotopic (exact) mass is 285 g/mol. The van der Waals surface area contributed by atoms with E-state index >= 15 is 0 Å². The van der Waals surface area contributed by atoms with E-state index in [4.69, 9.17) is 14.4 Å². The van der Waals surface area contributed by atoms with Crippen LogP contribution in [0.1, 0.15) is 34.1 Å². The third-order valence-corrected chi connectivity index (χ3v) is 1.43. The van der Waals surface area contributed by atoms with Gasteiger partial charge in [0.1, 0.15) is 5.60 Å². The Bertz CT molecular complexity index is 321. The summed E-state index contributed by atoms with van der Waals surface area (Å²) < 4.78 is 30.9. The van der Waals surface area contributed by atoms with Crippen LogP contribution in [-0.4, -0.2) is 48.7 Å². The number of hydrogen-bond donors (Lipinski definition) is 3. The molecule has 18 heavy (non-hydrogen) atoms. The number of ether oxygens (including phenoxy) is 1. The van der Waals surface area contributed by atoms with E-state index in [0.717, 1.165) is 0 Å². The maximum atomic E-state index is 11.1. The van der Waals surface area contributed by atoms with Crippen LogP contribution in [0.25, 0.3) is 0 Å². The van der Waals surface area contributed by atoms with E-state index in [2.05, 4.69) is 5.32 Å². The summed E-state index contributed by atoms with van der Waals surface area (Å²) in [7, 11) is -3.67. The molecule has 0 aliphatic heterocycles. The summed E-state index contributed by atoms with van der Waals surface area (Å²) in [6.07, 6.45) is 0.927. The molecule has 7 nitrogen and oxygen atoms in total. The fraction of sp³-hybridized carbons (Fsp3) is 0.900. The van der Waals surface area contributed by atoms with Gasteiger partial charge >= 0.3 is 6.09 Å². The van der Waals surface area contributed by atoms with Gasteiger partial charge in [-0.05, 0) is 27.2 Å². The molecule has 1 unspecified atom stereocenters. The van der Waals surface area contributed by atoms with E-state index in [0.29, 0.717) is 12.7 Å². The summed E-state index contributed by atoms with van der Waals surface area (Å²) >= 11 is 0. The summed E-state index contributed by atoms with van der Waals surface area (Å²) in [5, 5.41) is 11.4. The second-order valence-corrected chi connectivity index (χ2v) is 6.13. The van der Waals surface area contributed by atoms with Crippen molar-refractivity contribution in [2.24, 2.45) is 0 Å². The minimum atomic E-state index is -3.67. The van der Waals surface area contributed by atoms with Crippen LogP contribution >= 0.6 is 0 Å². The first-order valence-electron chi connectivity index (χ1n) is 5.42. The van der Waals surface area contributed by atoms with Crippen LogP contribution in [0.4, 0.5) is 4.79 Å². The minimum absolute atomic E-state index is 0.0598. The summed E-state index contributed by atoms with van der Waals surface area (Å²) in [4.78, 5) is 11.1. The molecule has 0 spiro atoms. The molecule has 0 saturated heterocycles. The Hall–Kier alpha value is -0.860. The Morgan fingerprint density at radius 1 is 1.39 bits per heavy atom. The van der Waals surface area contributed by atoms with Crippen molar-refractivity contribution in [2.75, 3.05) is 12.9 Å². The van der Waals surface area contributed by atoms with Crippen molar-refractivity contribution >= 4 is 16.2 Å². The molecule has 0 heterocycles. The van der Waals surface area contributed by atoms with E-state index in [1.807, 2.05) is 6.92 Å². The summed E-state index contributed by atoms with van der Waals surface area (Å²) in [6.45, 7) is 7.22. The van der Waals surface area contributed by atoms with Crippen LogP contribution in [0, 0.1) is 0 Å². The number of rotatable bonds is 3. The van der Waals surface area contributed by atoms with Crippen molar-refractivity contribution in [2.45, 2.75) is 45.8 Å². The lowest BCUT2D eigenvalue weighted by molar-refractivity contribution is 0.0481. The van der Waals surface area contributed by atoms with Crippen molar-refractivity contribution in [1.29, 1.82) is 0 Å². The Morgan fingerprint density at radius 2 is 1.78 bits per heavy atom. The lowest BCUT2D eigenvalue weighted by atomic mass is 10.2. The topological polar surface area (TPSA) is 113 Å². The maximum absolute atomic E-state index is 11.1. The third kappa shape index (κ3) is 20.5. The Labute approximate surface area is 108 Å². The fourth-order valence-corrected chi connectivity index (χ4v) is 0.751. The molecule has 0 aromatic heterocycles. The first-order chi connectivity index (χ1) is 7.89. The zero-order valence-electron chi connectivity index (χ0n) is 11.4. The zero-order valence-corrected chi connectivity index (χ0v) is 12.2. The number of carbonyl (C=O) groups is 1. The number of hydrogen-bond acceptors (Lipinski definition) is 5. The van der Waals surface area contributed by atoms with E-state index < -0.39 is 21.8 Å². The second-order valence-electron chi connectivity index (χ2n) is 4.67. The van der Waals surface area contributed by atoms with Crippen LogP contribution in [0.2, 0.25) is 0 Å². The Kier molecular flexibility index (Phi) is 8.96. The summed E-state index contributed by atoms with van der Waals surface area (Å²) in [5.41, 5.74) is -0.488. The summed E-state index contributed by atoms with van der Waals surface area (Å²) in [5.74, 6) is 0. The molecule has 0 fully saturated rings. The number of aliphatic hydroxyl groups is 1. The molecule has 1 atom stereocenters. The number of amides is 1. The van der Waals surface area contributed by atoms with E-state index in [1.165, 1.54) is 0 Å². The van der Waals surface area contributed by atoms with Gasteiger partial charge in [-0.2, -0.15) is 8.42 Å². The predicted octanol–water partition coefficient (Wildman–Crippen LogP) is 0.786. The van der Waals surface area contributed by atoms with Crippen molar-refractivity contribution in [3.63, 3.8) is 0 Å². The third-order valence-electron chi connectivity index (χ3n) is 1.43. The first-order valence-corrected chi connectivity index (χ1v) is 7.26. The number of nitrogens with one attached hydrogen (secondary N) is 1. The molecule has 0 aromatic rings. The highest BCUT2D eigenvalue weighted by Crippen LogP contribution is 2.06. The molecular formula is C10H23NO6S. The molecule has 3 N–H and O–H groups in total. The maximum Gasteiger partial charge on any atom is 0.407 e. The zero-order chi connectivity index (χ0) is 15.0. The number of carbonyl (C=O) groups excluding carboxylic acids is 1. The Balaban J connectivity index is 0. The smallest absolute Gasteiger partial charge is 0.407 e. The van der Waals surface area contributed by atoms with Crippen LogP contribution in [0.15, 0.2) is 0 Å². The molecule has 0 radical (unpaired) electrons. The average Bonchev–Trinajstić information content (AvgIpc) is 2.08. The number of alkyl carbamates (subject to hydrolysis) is 1. The molecule has 0 rings (SSSR count). The molecule has 0 bridgehead atoms. The van der Waals surface area contributed by atoms with Gasteiger partial charge in [-0.15, -0.1) is 0 Å². The molecular weight excluding hydrogens is 262 g/mol. The lowest BCUT2D eigenvalue weighted by Crippen LogP contribution is -2.40. The normalized spacial score (nSPS) is 13.1. The molecule has 110 valence electrons. The van der Waals surface area contributed by atoms with Crippen molar-refractivity contribution in [1.82, 2.24) is 5.32 Å². The van der Waals surface area contributed by atoms with Gasteiger partial charge in [0, 0.05) is 0 Å². The van der Waals surface area contributed by atoms with Gasteiger partial charge in [-0.1, -0.05) is 6.92 Å². The fourth-order valence-electron chi connectivity index (χ4n) is 0.751.